The van der Waals surface area contributed by atoms with Crippen molar-refractivity contribution in [3.05, 3.63) is 29.6 Å². The maximum Gasteiger partial charge on any atom is 0.0414 e. The molecule has 0 saturated heterocycles. The molecule has 0 amide bonds. The molecule has 0 fully saturated rings. The molecule has 0 aliphatic heterocycles. The zero-order valence-corrected chi connectivity index (χ0v) is 11.4. The number of pyridine rings is 1. The van der Waals surface area contributed by atoms with E-state index in [0.717, 1.165) is 12.3 Å². The highest BCUT2D eigenvalue weighted by atomic mass is 79.9. The first-order chi connectivity index (χ1) is 7.11. The van der Waals surface area contributed by atoms with Crippen LogP contribution >= 0.6 is 15.9 Å². The number of hydrogen-bond acceptors (Lipinski definition) is 1. The van der Waals surface area contributed by atoms with Crippen molar-refractivity contribution < 1.29 is 0 Å². The van der Waals surface area contributed by atoms with Crippen LogP contribution in [0.2, 0.25) is 0 Å². The van der Waals surface area contributed by atoms with Crippen molar-refractivity contribution in [1.82, 2.24) is 4.98 Å². The van der Waals surface area contributed by atoms with E-state index in [2.05, 4.69) is 53.8 Å². The Labute approximate surface area is 101 Å². The second-order valence-electron chi connectivity index (χ2n) is 4.38. The first-order valence-corrected chi connectivity index (χ1v) is 6.59. The molecule has 0 N–H and O–H groups in total. The van der Waals surface area contributed by atoms with Gasteiger partial charge in [-0.1, -0.05) is 42.3 Å². The minimum atomic E-state index is 0.558. The Balaban J connectivity index is 2.44. The van der Waals surface area contributed by atoms with Crippen LogP contribution in [0.1, 0.15) is 37.9 Å². The van der Waals surface area contributed by atoms with Gasteiger partial charge in [-0.3, -0.25) is 4.98 Å². The third kappa shape index (κ3) is 4.78. The van der Waals surface area contributed by atoms with E-state index in [1.807, 2.05) is 6.20 Å². The predicted octanol–water partition coefficient (Wildman–Crippen LogP) is 4.13. The van der Waals surface area contributed by atoms with Crippen LogP contribution in [0, 0.1) is 12.8 Å². The number of rotatable bonds is 5. The number of halogens is 1. The number of alkyl halides is 1. The van der Waals surface area contributed by atoms with E-state index in [4.69, 9.17) is 0 Å². The minimum absolute atomic E-state index is 0.558. The maximum absolute atomic E-state index is 4.42. The molecule has 1 aromatic rings. The molecule has 0 saturated carbocycles. The number of nitrogens with zero attached hydrogens (tertiary/aromatic N) is 1. The average molecular weight is 270 g/mol. The first-order valence-electron chi connectivity index (χ1n) is 5.67. The van der Waals surface area contributed by atoms with Crippen LogP contribution in [0.3, 0.4) is 0 Å². The van der Waals surface area contributed by atoms with Crippen molar-refractivity contribution in [3.63, 3.8) is 0 Å². The molecule has 84 valence electrons. The van der Waals surface area contributed by atoms with Gasteiger partial charge in [-0.15, -0.1) is 0 Å². The molecule has 2 heteroatoms. The van der Waals surface area contributed by atoms with Crippen molar-refractivity contribution in [2.75, 3.05) is 0 Å². The lowest BCUT2D eigenvalue weighted by molar-refractivity contribution is 0.505. The van der Waals surface area contributed by atoms with Crippen molar-refractivity contribution in [2.45, 2.75) is 44.9 Å². The van der Waals surface area contributed by atoms with Gasteiger partial charge in [0.2, 0.25) is 0 Å². The van der Waals surface area contributed by atoms with Gasteiger partial charge in [0.1, 0.15) is 0 Å². The highest BCUT2D eigenvalue weighted by Gasteiger charge is 2.10. The lowest BCUT2D eigenvalue weighted by Crippen LogP contribution is -2.09. The second kappa shape index (κ2) is 6.26. The lowest BCUT2D eigenvalue weighted by atomic mass is 10.0. The number of aromatic nitrogens is 1. The highest BCUT2D eigenvalue weighted by Crippen LogP contribution is 2.19. The molecule has 0 aliphatic carbocycles. The molecule has 0 bridgehead atoms. The van der Waals surface area contributed by atoms with E-state index in [-0.39, 0.29) is 0 Å². The Morgan fingerprint density at radius 2 is 2.13 bits per heavy atom. The van der Waals surface area contributed by atoms with Gasteiger partial charge in [-0.05, 0) is 30.9 Å². The van der Waals surface area contributed by atoms with E-state index in [9.17, 15) is 0 Å². The maximum atomic E-state index is 4.42. The second-order valence-corrected chi connectivity index (χ2v) is 5.67. The quantitative estimate of drug-likeness (QED) is 0.733. The standard InChI is InChI=1S/C13H20BrN/c1-4-10(2)7-12(14)8-13-6-5-11(3)9-15-13/h5-6,9-10,12H,4,7-8H2,1-3H3. The van der Waals surface area contributed by atoms with Gasteiger partial charge in [0, 0.05) is 23.1 Å². The molecule has 2 atom stereocenters. The van der Waals surface area contributed by atoms with Gasteiger partial charge in [-0.2, -0.15) is 0 Å². The molecule has 0 radical (unpaired) electrons. The molecular weight excluding hydrogens is 250 g/mol. The van der Waals surface area contributed by atoms with Gasteiger partial charge in [-0.25, -0.2) is 0 Å². The van der Waals surface area contributed by atoms with Gasteiger partial charge in [0.15, 0.2) is 0 Å². The molecular formula is C13H20BrN. The fourth-order valence-corrected chi connectivity index (χ4v) is 2.50. The molecule has 0 aliphatic rings. The Morgan fingerprint density at radius 3 is 2.67 bits per heavy atom. The van der Waals surface area contributed by atoms with Crippen LogP contribution in [-0.2, 0) is 6.42 Å². The summed E-state index contributed by atoms with van der Waals surface area (Å²) in [5.41, 5.74) is 2.41. The molecule has 2 unspecified atom stereocenters. The summed E-state index contributed by atoms with van der Waals surface area (Å²) in [7, 11) is 0. The largest absolute Gasteiger partial charge is 0.261 e. The molecule has 1 aromatic heterocycles. The van der Waals surface area contributed by atoms with Crippen LogP contribution < -0.4 is 0 Å². The van der Waals surface area contributed by atoms with Crippen LogP contribution in [0.25, 0.3) is 0 Å². The highest BCUT2D eigenvalue weighted by molar-refractivity contribution is 9.09. The summed E-state index contributed by atoms with van der Waals surface area (Å²) < 4.78 is 0. The summed E-state index contributed by atoms with van der Waals surface area (Å²) in [4.78, 5) is 4.98. The number of hydrogen-bond donors (Lipinski definition) is 0. The first kappa shape index (κ1) is 12.7. The van der Waals surface area contributed by atoms with Crippen LogP contribution in [0.5, 0.6) is 0 Å². The molecule has 1 rings (SSSR count). The predicted molar refractivity (Wildman–Crippen MR) is 69.5 cm³/mol. The van der Waals surface area contributed by atoms with E-state index >= 15 is 0 Å². The lowest BCUT2D eigenvalue weighted by Gasteiger charge is -2.13. The van der Waals surface area contributed by atoms with Crippen molar-refractivity contribution in [1.29, 1.82) is 0 Å². The van der Waals surface area contributed by atoms with Crippen molar-refractivity contribution in [2.24, 2.45) is 5.92 Å². The fraction of sp³-hybridized carbons (Fsp3) is 0.615. The topological polar surface area (TPSA) is 12.9 Å². The van der Waals surface area contributed by atoms with Crippen LogP contribution in [-0.4, -0.2) is 9.81 Å². The molecule has 1 heterocycles. The SMILES string of the molecule is CCC(C)CC(Br)Cc1ccc(C)cn1. The Kier molecular flexibility index (Phi) is 5.30. The summed E-state index contributed by atoms with van der Waals surface area (Å²) in [6, 6.07) is 4.26. The normalized spacial score (nSPS) is 14.9. The Hall–Kier alpha value is -0.370. The summed E-state index contributed by atoms with van der Waals surface area (Å²) in [5.74, 6) is 0.792. The van der Waals surface area contributed by atoms with Gasteiger partial charge in [0.25, 0.3) is 0 Å². The zero-order chi connectivity index (χ0) is 11.3. The van der Waals surface area contributed by atoms with Gasteiger partial charge in [0.05, 0.1) is 0 Å². The summed E-state index contributed by atoms with van der Waals surface area (Å²) >= 11 is 3.73. The van der Waals surface area contributed by atoms with Crippen LogP contribution in [0.15, 0.2) is 18.3 Å². The smallest absolute Gasteiger partial charge is 0.0414 e. The fourth-order valence-electron chi connectivity index (χ4n) is 1.53. The van der Waals surface area contributed by atoms with Crippen molar-refractivity contribution in [3.8, 4) is 0 Å². The van der Waals surface area contributed by atoms with Gasteiger partial charge < -0.3 is 0 Å². The third-order valence-corrected chi connectivity index (χ3v) is 3.46. The summed E-state index contributed by atoms with van der Waals surface area (Å²) in [6.07, 6.45) is 5.46. The van der Waals surface area contributed by atoms with E-state index < -0.39 is 0 Å². The molecule has 1 nitrogen and oxygen atoms in total. The zero-order valence-electron chi connectivity index (χ0n) is 9.83. The summed E-state index contributed by atoms with van der Waals surface area (Å²) in [5, 5.41) is 0. The monoisotopic (exact) mass is 269 g/mol. The Morgan fingerprint density at radius 1 is 1.40 bits per heavy atom. The third-order valence-electron chi connectivity index (χ3n) is 2.76. The average Bonchev–Trinajstić information content (AvgIpc) is 2.21. The van der Waals surface area contributed by atoms with Crippen molar-refractivity contribution >= 4 is 15.9 Å². The van der Waals surface area contributed by atoms with E-state index in [1.54, 1.807) is 0 Å². The van der Waals surface area contributed by atoms with Crippen LogP contribution in [0.4, 0.5) is 0 Å². The summed E-state index contributed by atoms with van der Waals surface area (Å²) in [6.45, 7) is 6.62. The van der Waals surface area contributed by atoms with E-state index in [0.29, 0.717) is 4.83 Å². The minimum Gasteiger partial charge on any atom is -0.261 e. The molecule has 0 spiro atoms. The van der Waals surface area contributed by atoms with Gasteiger partial charge >= 0.3 is 0 Å². The molecule has 0 aromatic carbocycles. The van der Waals surface area contributed by atoms with E-state index in [1.165, 1.54) is 24.1 Å². The molecule has 15 heavy (non-hydrogen) atoms. The number of aryl methyl sites for hydroxylation is 1. The Bertz CT molecular complexity index is 281.